The number of hydrogen-bond donors (Lipinski definition) is 1. The van der Waals surface area contributed by atoms with Gasteiger partial charge in [0.05, 0.1) is 0 Å². The quantitative estimate of drug-likeness (QED) is 0.887. The van der Waals surface area contributed by atoms with Gasteiger partial charge in [0.15, 0.2) is 0 Å². The van der Waals surface area contributed by atoms with E-state index in [0.29, 0.717) is 5.82 Å². The molecule has 3 rings (SSSR count). The van der Waals surface area contributed by atoms with E-state index in [4.69, 9.17) is 5.73 Å². The van der Waals surface area contributed by atoms with E-state index in [1.54, 1.807) is 6.20 Å². The fourth-order valence-electron chi connectivity index (χ4n) is 3.38. The average Bonchev–Trinajstić information content (AvgIpc) is 2.83. The lowest BCUT2D eigenvalue weighted by Crippen LogP contribution is -2.31. The van der Waals surface area contributed by atoms with E-state index in [1.165, 1.54) is 37.9 Å². The molecule has 1 aliphatic heterocycles. The van der Waals surface area contributed by atoms with Crippen LogP contribution in [0.3, 0.4) is 0 Å². The third-order valence-electron chi connectivity index (χ3n) is 4.78. The number of nitrogens with zero attached hydrogens (tertiary/aromatic N) is 3. The summed E-state index contributed by atoms with van der Waals surface area (Å²) in [5.41, 5.74) is 8.57. The molecule has 0 unspecified atom stereocenters. The highest BCUT2D eigenvalue weighted by atomic mass is 15.2. The summed E-state index contributed by atoms with van der Waals surface area (Å²) in [6, 6.07) is 14.9. The van der Waals surface area contributed by atoms with Crippen LogP contribution in [0.1, 0.15) is 24.0 Å². The average molecular weight is 324 g/mol. The number of aromatic nitrogens is 1. The van der Waals surface area contributed by atoms with Crippen molar-refractivity contribution in [1.82, 2.24) is 14.8 Å². The second-order valence-corrected chi connectivity index (χ2v) is 6.61. The van der Waals surface area contributed by atoms with Gasteiger partial charge >= 0.3 is 0 Å². The molecule has 1 aliphatic rings. The summed E-state index contributed by atoms with van der Waals surface area (Å²) < 4.78 is 0. The Morgan fingerprint density at radius 3 is 2.54 bits per heavy atom. The molecular formula is C20H28N4. The normalized spacial score (nSPS) is 16.8. The maximum absolute atomic E-state index is 5.98. The molecule has 0 saturated carbocycles. The van der Waals surface area contributed by atoms with E-state index in [-0.39, 0.29) is 0 Å². The lowest BCUT2D eigenvalue weighted by molar-refractivity contribution is 0.250. The van der Waals surface area contributed by atoms with Crippen molar-refractivity contribution >= 4 is 5.82 Å². The van der Waals surface area contributed by atoms with Crippen molar-refractivity contribution in [3.8, 4) is 0 Å². The molecule has 0 radical (unpaired) electrons. The van der Waals surface area contributed by atoms with Crippen LogP contribution >= 0.6 is 0 Å². The van der Waals surface area contributed by atoms with Crippen LogP contribution in [0.2, 0.25) is 0 Å². The first kappa shape index (κ1) is 16.9. The Bertz CT molecular complexity index is 614. The summed E-state index contributed by atoms with van der Waals surface area (Å²) >= 11 is 0. The first-order chi connectivity index (χ1) is 11.8. The van der Waals surface area contributed by atoms with Gasteiger partial charge in [0.1, 0.15) is 5.82 Å². The summed E-state index contributed by atoms with van der Waals surface area (Å²) in [7, 11) is 0. The molecule has 2 N–H and O–H groups in total. The van der Waals surface area contributed by atoms with Gasteiger partial charge in [-0.05, 0) is 50.5 Å². The maximum Gasteiger partial charge on any atom is 0.127 e. The Balaban J connectivity index is 1.42. The van der Waals surface area contributed by atoms with Crippen LogP contribution < -0.4 is 5.73 Å². The summed E-state index contributed by atoms with van der Waals surface area (Å²) in [6.07, 6.45) is 5.40. The SMILES string of the molecule is Nc1ncccc1CN1CCCN(CCCc2ccccc2)CC1. The van der Waals surface area contributed by atoms with Crippen molar-refractivity contribution in [2.45, 2.75) is 25.8 Å². The summed E-state index contributed by atoms with van der Waals surface area (Å²) in [6.45, 7) is 6.71. The van der Waals surface area contributed by atoms with Crippen LogP contribution in [0.15, 0.2) is 48.7 Å². The highest BCUT2D eigenvalue weighted by Crippen LogP contribution is 2.13. The van der Waals surface area contributed by atoms with Gasteiger partial charge in [-0.1, -0.05) is 36.4 Å². The summed E-state index contributed by atoms with van der Waals surface area (Å²) in [5, 5.41) is 0. The minimum absolute atomic E-state index is 0.668. The second kappa shape index (κ2) is 8.81. The summed E-state index contributed by atoms with van der Waals surface area (Å²) in [5.74, 6) is 0.668. The number of anilines is 1. The van der Waals surface area contributed by atoms with Crippen molar-refractivity contribution in [2.24, 2.45) is 0 Å². The molecule has 128 valence electrons. The van der Waals surface area contributed by atoms with Gasteiger partial charge in [-0.15, -0.1) is 0 Å². The van der Waals surface area contributed by atoms with Crippen LogP contribution in [0, 0.1) is 0 Å². The molecule has 1 aromatic carbocycles. The summed E-state index contributed by atoms with van der Waals surface area (Å²) in [4.78, 5) is 9.30. The third kappa shape index (κ3) is 5.05. The van der Waals surface area contributed by atoms with Crippen LogP contribution in [-0.4, -0.2) is 47.5 Å². The predicted molar refractivity (Wildman–Crippen MR) is 99.7 cm³/mol. The van der Waals surface area contributed by atoms with Gasteiger partial charge in [0.25, 0.3) is 0 Å². The number of aryl methyl sites for hydroxylation is 1. The molecule has 24 heavy (non-hydrogen) atoms. The number of nitrogen functional groups attached to an aromatic ring is 1. The molecule has 1 aromatic heterocycles. The lowest BCUT2D eigenvalue weighted by Gasteiger charge is -2.22. The first-order valence-electron chi connectivity index (χ1n) is 8.99. The number of benzene rings is 1. The van der Waals surface area contributed by atoms with Gasteiger partial charge in [-0.25, -0.2) is 4.98 Å². The minimum atomic E-state index is 0.668. The highest BCUT2D eigenvalue weighted by molar-refractivity contribution is 5.38. The Hall–Kier alpha value is -1.91. The lowest BCUT2D eigenvalue weighted by atomic mass is 10.1. The fraction of sp³-hybridized carbons (Fsp3) is 0.450. The predicted octanol–water partition coefficient (Wildman–Crippen LogP) is 2.80. The first-order valence-corrected chi connectivity index (χ1v) is 8.99. The zero-order valence-corrected chi connectivity index (χ0v) is 14.4. The van der Waals surface area contributed by atoms with Crippen LogP contribution in [0.25, 0.3) is 0 Å². The van der Waals surface area contributed by atoms with E-state index in [2.05, 4.69) is 51.2 Å². The van der Waals surface area contributed by atoms with Gasteiger partial charge in [-0.3, -0.25) is 4.90 Å². The molecular weight excluding hydrogens is 296 g/mol. The van der Waals surface area contributed by atoms with E-state index in [0.717, 1.165) is 31.7 Å². The van der Waals surface area contributed by atoms with Crippen LogP contribution in [0.5, 0.6) is 0 Å². The molecule has 1 fully saturated rings. The van der Waals surface area contributed by atoms with E-state index >= 15 is 0 Å². The molecule has 4 heteroatoms. The molecule has 0 bridgehead atoms. The molecule has 0 amide bonds. The Kier molecular flexibility index (Phi) is 6.21. The second-order valence-electron chi connectivity index (χ2n) is 6.61. The third-order valence-corrected chi connectivity index (χ3v) is 4.78. The largest absolute Gasteiger partial charge is 0.383 e. The van der Waals surface area contributed by atoms with Crippen molar-refractivity contribution in [3.63, 3.8) is 0 Å². The topological polar surface area (TPSA) is 45.4 Å². The minimum Gasteiger partial charge on any atom is -0.383 e. The van der Waals surface area contributed by atoms with Crippen LogP contribution in [0.4, 0.5) is 5.82 Å². The van der Waals surface area contributed by atoms with Gasteiger partial charge in [0.2, 0.25) is 0 Å². The highest BCUT2D eigenvalue weighted by Gasteiger charge is 2.15. The number of nitrogens with two attached hydrogens (primary N) is 1. The molecule has 1 saturated heterocycles. The van der Waals surface area contributed by atoms with E-state index in [1.807, 2.05) is 6.07 Å². The van der Waals surface area contributed by atoms with E-state index < -0.39 is 0 Å². The van der Waals surface area contributed by atoms with Gasteiger partial charge in [0, 0.05) is 31.4 Å². The van der Waals surface area contributed by atoms with Crippen molar-refractivity contribution < 1.29 is 0 Å². The molecule has 2 aromatic rings. The van der Waals surface area contributed by atoms with Gasteiger partial charge < -0.3 is 10.6 Å². The van der Waals surface area contributed by atoms with Gasteiger partial charge in [-0.2, -0.15) is 0 Å². The molecule has 0 aliphatic carbocycles. The van der Waals surface area contributed by atoms with E-state index in [9.17, 15) is 0 Å². The maximum atomic E-state index is 5.98. The Labute approximate surface area is 145 Å². The van der Waals surface area contributed by atoms with Crippen LogP contribution in [-0.2, 0) is 13.0 Å². The number of rotatable bonds is 6. The fourth-order valence-corrected chi connectivity index (χ4v) is 3.38. The zero-order chi connectivity index (χ0) is 16.6. The molecule has 2 heterocycles. The van der Waals surface area contributed by atoms with Crippen molar-refractivity contribution in [3.05, 3.63) is 59.8 Å². The smallest absolute Gasteiger partial charge is 0.127 e. The Morgan fingerprint density at radius 1 is 0.917 bits per heavy atom. The monoisotopic (exact) mass is 324 g/mol. The molecule has 0 spiro atoms. The van der Waals surface area contributed by atoms with Crippen molar-refractivity contribution in [2.75, 3.05) is 38.5 Å². The van der Waals surface area contributed by atoms with Crippen molar-refractivity contribution in [1.29, 1.82) is 0 Å². The molecule has 0 atom stereocenters. The zero-order valence-electron chi connectivity index (χ0n) is 14.4. The number of pyridine rings is 1. The number of hydrogen-bond acceptors (Lipinski definition) is 4. The Morgan fingerprint density at radius 2 is 1.71 bits per heavy atom. The molecule has 4 nitrogen and oxygen atoms in total. The standard InChI is InChI=1S/C20H28N4/c21-20-19(10-4-11-22-20)17-24-14-6-13-23(15-16-24)12-5-9-18-7-2-1-3-8-18/h1-4,7-8,10-11H,5-6,9,12-17H2,(H2,21,22).